The zero-order valence-corrected chi connectivity index (χ0v) is 11.0. The largest absolute Gasteiger partial charge is 0.382 e. The molecule has 90 valence electrons. The molecule has 0 bridgehead atoms. The van der Waals surface area contributed by atoms with Crippen LogP contribution in [0.15, 0.2) is 22.7 Å². The Morgan fingerprint density at radius 2 is 2.25 bits per heavy atom. The van der Waals surface area contributed by atoms with Gasteiger partial charge in [0.2, 0.25) is 0 Å². The molecule has 0 amide bonds. The molecule has 1 aromatic carbocycles. The maximum absolute atomic E-state index is 13.2. The van der Waals surface area contributed by atoms with Gasteiger partial charge in [-0.1, -0.05) is 12.1 Å². The third-order valence-electron chi connectivity index (χ3n) is 2.35. The molecule has 0 heterocycles. The maximum Gasteiger partial charge on any atom is 0.137 e. The first-order chi connectivity index (χ1) is 7.65. The Balaban J connectivity index is 2.49. The van der Waals surface area contributed by atoms with Crippen LogP contribution in [0.25, 0.3) is 0 Å². The summed E-state index contributed by atoms with van der Waals surface area (Å²) in [6.45, 7) is 3.32. The number of halogens is 2. The van der Waals surface area contributed by atoms with Crippen molar-refractivity contribution in [3.63, 3.8) is 0 Å². The molecule has 0 radical (unpaired) electrons. The van der Waals surface area contributed by atoms with E-state index in [2.05, 4.69) is 15.9 Å². The monoisotopic (exact) mass is 289 g/mol. The summed E-state index contributed by atoms with van der Waals surface area (Å²) >= 11 is 3.23. The predicted molar refractivity (Wildman–Crippen MR) is 66.9 cm³/mol. The van der Waals surface area contributed by atoms with E-state index < -0.39 is 0 Å². The number of ether oxygens (including phenoxy) is 1. The van der Waals surface area contributed by atoms with Crippen molar-refractivity contribution in [1.82, 2.24) is 0 Å². The van der Waals surface area contributed by atoms with Gasteiger partial charge in [0.1, 0.15) is 5.82 Å². The molecular weight excluding hydrogens is 273 g/mol. The van der Waals surface area contributed by atoms with Crippen LogP contribution >= 0.6 is 15.9 Å². The fourth-order valence-electron chi connectivity index (χ4n) is 1.47. The van der Waals surface area contributed by atoms with Gasteiger partial charge >= 0.3 is 0 Å². The third-order valence-corrected chi connectivity index (χ3v) is 3.24. The molecule has 2 nitrogen and oxygen atoms in total. The van der Waals surface area contributed by atoms with Crippen molar-refractivity contribution < 1.29 is 9.13 Å². The Hall–Kier alpha value is -0.450. The van der Waals surface area contributed by atoms with Gasteiger partial charge in [0, 0.05) is 19.3 Å². The molecule has 4 heteroatoms. The van der Waals surface area contributed by atoms with Crippen LogP contribution in [0.2, 0.25) is 0 Å². The summed E-state index contributed by atoms with van der Waals surface area (Å²) < 4.78 is 19.0. The van der Waals surface area contributed by atoms with E-state index in [4.69, 9.17) is 10.5 Å². The zero-order chi connectivity index (χ0) is 12.0. The van der Waals surface area contributed by atoms with Gasteiger partial charge < -0.3 is 10.5 Å². The van der Waals surface area contributed by atoms with Crippen molar-refractivity contribution >= 4 is 15.9 Å². The molecule has 0 aliphatic carbocycles. The quantitative estimate of drug-likeness (QED) is 0.818. The van der Waals surface area contributed by atoms with Gasteiger partial charge in [0.15, 0.2) is 0 Å². The minimum Gasteiger partial charge on any atom is -0.382 e. The van der Waals surface area contributed by atoms with Gasteiger partial charge in [0.05, 0.1) is 4.47 Å². The molecule has 0 fully saturated rings. The van der Waals surface area contributed by atoms with Gasteiger partial charge in [0.25, 0.3) is 0 Å². The number of hydrogen-bond donors (Lipinski definition) is 1. The van der Waals surface area contributed by atoms with E-state index in [0.717, 1.165) is 12.0 Å². The molecule has 1 unspecified atom stereocenters. The summed E-state index contributed by atoms with van der Waals surface area (Å²) in [5.74, 6) is -0.241. The molecule has 0 saturated heterocycles. The van der Waals surface area contributed by atoms with Gasteiger partial charge in [-0.3, -0.25) is 0 Å². The standard InChI is InChI=1S/C12H17BrFNO/c1-2-16-7-6-10(15)8-9-4-3-5-11(14)12(9)13/h3-5,10H,2,6-8,15H2,1H3. The minimum absolute atomic E-state index is 0.00431. The average Bonchev–Trinajstić information content (AvgIpc) is 2.25. The second-order valence-electron chi connectivity index (χ2n) is 3.66. The highest BCUT2D eigenvalue weighted by Gasteiger charge is 2.09. The number of hydrogen-bond acceptors (Lipinski definition) is 2. The van der Waals surface area contributed by atoms with Crippen molar-refractivity contribution in [3.8, 4) is 0 Å². The fourth-order valence-corrected chi connectivity index (χ4v) is 1.90. The van der Waals surface area contributed by atoms with E-state index in [9.17, 15) is 4.39 Å². The molecule has 1 atom stereocenters. The Bertz CT molecular complexity index is 333. The van der Waals surface area contributed by atoms with Crippen molar-refractivity contribution in [1.29, 1.82) is 0 Å². The van der Waals surface area contributed by atoms with Crippen LogP contribution in [0.4, 0.5) is 4.39 Å². The van der Waals surface area contributed by atoms with Crippen molar-refractivity contribution in [2.24, 2.45) is 5.73 Å². The second kappa shape index (κ2) is 6.99. The van der Waals surface area contributed by atoms with E-state index in [1.54, 1.807) is 6.07 Å². The van der Waals surface area contributed by atoms with Crippen LogP contribution in [0.3, 0.4) is 0 Å². The van der Waals surface area contributed by atoms with Crippen LogP contribution in [0, 0.1) is 5.82 Å². The lowest BCUT2D eigenvalue weighted by Gasteiger charge is -2.12. The fraction of sp³-hybridized carbons (Fsp3) is 0.500. The number of benzene rings is 1. The third kappa shape index (κ3) is 4.20. The first-order valence-corrected chi connectivity index (χ1v) is 6.20. The smallest absolute Gasteiger partial charge is 0.137 e. The molecule has 1 aromatic rings. The topological polar surface area (TPSA) is 35.2 Å². The summed E-state index contributed by atoms with van der Waals surface area (Å²) in [5.41, 5.74) is 6.85. The first kappa shape index (κ1) is 13.6. The second-order valence-corrected chi connectivity index (χ2v) is 4.46. The summed E-state index contributed by atoms with van der Waals surface area (Å²) in [5, 5.41) is 0. The van der Waals surface area contributed by atoms with E-state index in [0.29, 0.717) is 24.1 Å². The van der Waals surface area contributed by atoms with Gasteiger partial charge in [-0.05, 0) is 47.3 Å². The Morgan fingerprint density at radius 1 is 1.50 bits per heavy atom. The van der Waals surface area contributed by atoms with Gasteiger partial charge in [-0.2, -0.15) is 0 Å². The molecule has 0 spiro atoms. The molecule has 0 aliphatic heterocycles. The van der Waals surface area contributed by atoms with E-state index in [-0.39, 0.29) is 11.9 Å². The normalized spacial score (nSPS) is 12.8. The summed E-state index contributed by atoms with van der Waals surface area (Å²) in [6, 6.07) is 5.02. The lowest BCUT2D eigenvalue weighted by Crippen LogP contribution is -2.25. The van der Waals surface area contributed by atoms with Crippen LogP contribution in [-0.4, -0.2) is 19.3 Å². The first-order valence-electron chi connectivity index (χ1n) is 5.41. The molecular formula is C12H17BrFNO. The zero-order valence-electron chi connectivity index (χ0n) is 9.38. The Kier molecular flexibility index (Phi) is 5.95. The van der Waals surface area contributed by atoms with Crippen LogP contribution < -0.4 is 5.73 Å². The lowest BCUT2D eigenvalue weighted by molar-refractivity contribution is 0.140. The van der Waals surface area contributed by atoms with E-state index in [1.807, 2.05) is 13.0 Å². The molecule has 1 rings (SSSR count). The highest BCUT2D eigenvalue weighted by atomic mass is 79.9. The van der Waals surface area contributed by atoms with Gasteiger partial charge in [-0.25, -0.2) is 4.39 Å². The Labute approximate surface area is 104 Å². The summed E-state index contributed by atoms with van der Waals surface area (Å²) in [7, 11) is 0. The van der Waals surface area contributed by atoms with Crippen molar-refractivity contribution in [3.05, 3.63) is 34.1 Å². The number of nitrogens with two attached hydrogens (primary N) is 1. The van der Waals surface area contributed by atoms with E-state index in [1.165, 1.54) is 6.07 Å². The van der Waals surface area contributed by atoms with Crippen LogP contribution in [-0.2, 0) is 11.2 Å². The highest BCUT2D eigenvalue weighted by Crippen LogP contribution is 2.21. The summed E-state index contributed by atoms with van der Waals surface area (Å²) in [6.07, 6.45) is 1.45. The SMILES string of the molecule is CCOCCC(N)Cc1cccc(F)c1Br. The average molecular weight is 290 g/mol. The molecule has 16 heavy (non-hydrogen) atoms. The minimum atomic E-state index is -0.241. The highest BCUT2D eigenvalue weighted by molar-refractivity contribution is 9.10. The van der Waals surface area contributed by atoms with Crippen LogP contribution in [0.1, 0.15) is 18.9 Å². The van der Waals surface area contributed by atoms with E-state index >= 15 is 0 Å². The Morgan fingerprint density at radius 3 is 2.94 bits per heavy atom. The molecule has 0 aliphatic rings. The number of rotatable bonds is 6. The molecule has 2 N–H and O–H groups in total. The van der Waals surface area contributed by atoms with Crippen molar-refractivity contribution in [2.45, 2.75) is 25.8 Å². The lowest BCUT2D eigenvalue weighted by atomic mass is 10.0. The molecule has 0 aromatic heterocycles. The predicted octanol–water partition coefficient (Wildman–Crippen LogP) is 2.88. The van der Waals surface area contributed by atoms with Crippen molar-refractivity contribution in [2.75, 3.05) is 13.2 Å². The molecule has 0 saturated carbocycles. The van der Waals surface area contributed by atoms with Gasteiger partial charge in [-0.15, -0.1) is 0 Å². The van der Waals surface area contributed by atoms with Crippen LogP contribution in [0.5, 0.6) is 0 Å². The maximum atomic E-state index is 13.2. The summed E-state index contributed by atoms with van der Waals surface area (Å²) in [4.78, 5) is 0.